The molecule has 0 aliphatic rings. The summed E-state index contributed by atoms with van der Waals surface area (Å²) in [7, 11) is 0. The number of hydrogen-bond acceptors (Lipinski definition) is 1. The van der Waals surface area contributed by atoms with E-state index < -0.39 is 0 Å². The highest BCUT2D eigenvalue weighted by atomic mass is 79.9. The van der Waals surface area contributed by atoms with E-state index in [0.29, 0.717) is 6.54 Å². The molecule has 0 heterocycles. The third kappa shape index (κ3) is 4.46. The molecule has 1 N–H and O–H groups in total. The lowest BCUT2D eigenvalue weighted by Crippen LogP contribution is -2.24. The van der Waals surface area contributed by atoms with Crippen LogP contribution < -0.4 is 5.32 Å². The zero-order valence-electron chi connectivity index (χ0n) is 10.9. The second kappa shape index (κ2) is 7.20. The molecule has 0 fully saturated rings. The van der Waals surface area contributed by atoms with Crippen molar-refractivity contribution in [3.8, 4) is 0 Å². The van der Waals surface area contributed by atoms with E-state index in [9.17, 15) is 9.18 Å². The summed E-state index contributed by atoms with van der Waals surface area (Å²) < 4.78 is 12.8. The minimum atomic E-state index is -0.291. The van der Waals surface area contributed by atoms with Crippen LogP contribution in [0.3, 0.4) is 0 Å². The molecule has 0 bridgehead atoms. The van der Waals surface area contributed by atoms with Gasteiger partial charge < -0.3 is 5.32 Å². The van der Waals surface area contributed by atoms with Crippen molar-refractivity contribution in [2.75, 3.05) is 0 Å². The molecule has 0 aliphatic carbocycles. The normalized spacial score (nSPS) is 10.3. The summed E-state index contributed by atoms with van der Waals surface area (Å²) >= 11 is 3.39. The van der Waals surface area contributed by atoms with E-state index in [0.717, 1.165) is 16.5 Å². The average Bonchev–Trinajstić information content (AvgIpc) is 2.48. The van der Waals surface area contributed by atoms with Crippen LogP contribution in [0.15, 0.2) is 48.5 Å². The van der Waals surface area contributed by atoms with Crippen molar-refractivity contribution in [1.29, 1.82) is 0 Å². The molecule has 0 atom stereocenters. The van der Waals surface area contributed by atoms with Gasteiger partial charge in [0, 0.05) is 11.9 Å². The van der Waals surface area contributed by atoms with Crippen molar-refractivity contribution < 1.29 is 9.18 Å². The molecule has 2 aromatic rings. The number of halogens is 2. The Morgan fingerprint density at radius 2 is 1.50 bits per heavy atom. The van der Waals surface area contributed by atoms with Crippen LogP contribution in [0.2, 0.25) is 0 Å². The number of alkyl halides is 1. The van der Waals surface area contributed by atoms with Crippen molar-refractivity contribution >= 4 is 21.8 Å². The molecule has 0 aromatic heterocycles. The topological polar surface area (TPSA) is 29.1 Å². The first kappa shape index (κ1) is 14.7. The van der Waals surface area contributed by atoms with E-state index in [1.165, 1.54) is 17.7 Å². The van der Waals surface area contributed by atoms with E-state index in [1.54, 1.807) is 12.1 Å². The Morgan fingerprint density at radius 3 is 2.10 bits per heavy atom. The van der Waals surface area contributed by atoms with Gasteiger partial charge in [-0.3, -0.25) is 4.79 Å². The Kier molecular flexibility index (Phi) is 5.30. The van der Waals surface area contributed by atoms with Gasteiger partial charge in [0.2, 0.25) is 5.91 Å². The van der Waals surface area contributed by atoms with Gasteiger partial charge >= 0.3 is 0 Å². The molecule has 4 heteroatoms. The van der Waals surface area contributed by atoms with E-state index in [1.807, 2.05) is 24.3 Å². The van der Waals surface area contributed by atoms with Crippen LogP contribution in [0.25, 0.3) is 0 Å². The van der Waals surface area contributed by atoms with Crippen molar-refractivity contribution in [3.63, 3.8) is 0 Å². The fraction of sp³-hybridized carbons (Fsp3) is 0.188. The zero-order chi connectivity index (χ0) is 14.4. The SMILES string of the molecule is O=C(Cc1ccc(F)cc1)NCc1ccc(CBr)cc1. The Labute approximate surface area is 126 Å². The van der Waals surface area contributed by atoms with Crippen molar-refractivity contribution in [2.24, 2.45) is 0 Å². The second-order valence-electron chi connectivity index (χ2n) is 4.53. The molecule has 0 spiro atoms. The largest absolute Gasteiger partial charge is 0.352 e. The van der Waals surface area contributed by atoms with Gasteiger partial charge in [-0.1, -0.05) is 52.3 Å². The van der Waals surface area contributed by atoms with Crippen LogP contribution in [0.1, 0.15) is 16.7 Å². The van der Waals surface area contributed by atoms with Gasteiger partial charge in [0.15, 0.2) is 0 Å². The number of benzene rings is 2. The highest BCUT2D eigenvalue weighted by Crippen LogP contribution is 2.08. The lowest BCUT2D eigenvalue weighted by Gasteiger charge is -2.06. The second-order valence-corrected chi connectivity index (χ2v) is 5.09. The van der Waals surface area contributed by atoms with Gasteiger partial charge in [0.25, 0.3) is 0 Å². The van der Waals surface area contributed by atoms with Crippen LogP contribution in [0.5, 0.6) is 0 Å². The van der Waals surface area contributed by atoms with Crippen LogP contribution in [-0.4, -0.2) is 5.91 Å². The lowest BCUT2D eigenvalue weighted by molar-refractivity contribution is -0.120. The van der Waals surface area contributed by atoms with Crippen molar-refractivity contribution in [3.05, 3.63) is 71.0 Å². The minimum Gasteiger partial charge on any atom is -0.352 e. The van der Waals surface area contributed by atoms with Gasteiger partial charge in [-0.15, -0.1) is 0 Å². The molecule has 20 heavy (non-hydrogen) atoms. The lowest BCUT2D eigenvalue weighted by atomic mass is 10.1. The molecule has 0 radical (unpaired) electrons. The fourth-order valence-corrected chi connectivity index (χ4v) is 2.17. The standard InChI is InChI=1S/C16H15BrFNO/c17-10-13-1-3-14(4-2-13)11-19-16(20)9-12-5-7-15(18)8-6-12/h1-8H,9-11H2,(H,19,20). The molecular formula is C16H15BrFNO. The summed E-state index contributed by atoms with van der Waals surface area (Å²) in [5, 5.41) is 3.68. The van der Waals surface area contributed by atoms with E-state index >= 15 is 0 Å². The van der Waals surface area contributed by atoms with Crippen LogP contribution in [-0.2, 0) is 23.1 Å². The summed E-state index contributed by atoms with van der Waals surface area (Å²) in [6.07, 6.45) is 0.264. The maximum atomic E-state index is 12.8. The van der Waals surface area contributed by atoms with E-state index in [-0.39, 0.29) is 18.1 Å². The van der Waals surface area contributed by atoms with Gasteiger partial charge in [-0.2, -0.15) is 0 Å². The Bertz CT molecular complexity index is 566. The molecule has 0 saturated carbocycles. The number of carbonyl (C=O) groups excluding carboxylic acids is 1. The van der Waals surface area contributed by atoms with E-state index in [4.69, 9.17) is 0 Å². The quantitative estimate of drug-likeness (QED) is 0.831. The number of nitrogens with one attached hydrogen (secondary N) is 1. The van der Waals surface area contributed by atoms with Crippen LogP contribution in [0, 0.1) is 5.82 Å². The summed E-state index contributed by atoms with van der Waals surface area (Å²) in [6.45, 7) is 0.503. The number of carbonyl (C=O) groups is 1. The van der Waals surface area contributed by atoms with Gasteiger partial charge in [-0.05, 0) is 28.8 Å². The first-order chi connectivity index (χ1) is 9.67. The zero-order valence-corrected chi connectivity index (χ0v) is 12.5. The number of hydrogen-bond donors (Lipinski definition) is 1. The van der Waals surface area contributed by atoms with Crippen LogP contribution in [0.4, 0.5) is 4.39 Å². The molecule has 0 saturated heterocycles. The Morgan fingerprint density at radius 1 is 0.950 bits per heavy atom. The molecule has 2 rings (SSSR count). The van der Waals surface area contributed by atoms with Gasteiger partial charge in [-0.25, -0.2) is 4.39 Å². The molecular weight excluding hydrogens is 321 g/mol. The van der Waals surface area contributed by atoms with Gasteiger partial charge in [0.1, 0.15) is 5.82 Å². The molecule has 1 amide bonds. The summed E-state index contributed by atoms with van der Waals surface area (Å²) in [5.41, 5.74) is 3.06. The predicted molar refractivity (Wildman–Crippen MR) is 81.0 cm³/mol. The van der Waals surface area contributed by atoms with Crippen molar-refractivity contribution in [1.82, 2.24) is 5.32 Å². The molecule has 0 unspecified atom stereocenters. The smallest absolute Gasteiger partial charge is 0.224 e. The van der Waals surface area contributed by atoms with E-state index in [2.05, 4.69) is 21.2 Å². The summed E-state index contributed by atoms with van der Waals surface area (Å²) in [5.74, 6) is -0.359. The maximum absolute atomic E-state index is 12.8. The fourth-order valence-electron chi connectivity index (χ4n) is 1.80. The minimum absolute atomic E-state index is 0.0684. The Hall–Kier alpha value is -1.68. The van der Waals surface area contributed by atoms with Gasteiger partial charge in [0.05, 0.1) is 6.42 Å². The Balaban J connectivity index is 1.83. The third-order valence-electron chi connectivity index (χ3n) is 2.94. The maximum Gasteiger partial charge on any atom is 0.224 e. The summed E-state index contributed by atoms with van der Waals surface area (Å²) in [4.78, 5) is 11.8. The monoisotopic (exact) mass is 335 g/mol. The third-order valence-corrected chi connectivity index (χ3v) is 3.59. The van der Waals surface area contributed by atoms with Crippen molar-refractivity contribution in [2.45, 2.75) is 18.3 Å². The molecule has 2 aromatic carbocycles. The first-order valence-electron chi connectivity index (χ1n) is 6.32. The molecule has 0 aliphatic heterocycles. The molecule has 2 nitrogen and oxygen atoms in total. The molecule has 104 valence electrons. The first-order valence-corrected chi connectivity index (χ1v) is 7.44. The summed E-state index contributed by atoms with van der Waals surface area (Å²) in [6, 6.07) is 14.0. The highest BCUT2D eigenvalue weighted by Gasteiger charge is 2.03. The van der Waals surface area contributed by atoms with Crippen LogP contribution >= 0.6 is 15.9 Å². The predicted octanol–water partition coefficient (Wildman–Crippen LogP) is 3.58. The number of rotatable bonds is 5. The number of amides is 1. The highest BCUT2D eigenvalue weighted by molar-refractivity contribution is 9.08. The average molecular weight is 336 g/mol.